The lowest BCUT2D eigenvalue weighted by molar-refractivity contribution is 0.0844. The SMILES string of the molecule is O=C(NNC(=O)c1ccccn1)c1ccc2c(c1)CCC2. The van der Waals surface area contributed by atoms with E-state index in [-0.39, 0.29) is 11.6 Å². The Labute approximate surface area is 122 Å². The van der Waals surface area contributed by atoms with Crippen LogP contribution in [0.4, 0.5) is 0 Å². The molecule has 1 aliphatic rings. The molecule has 2 N–H and O–H groups in total. The molecule has 0 atom stereocenters. The van der Waals surface area contributed by atoms with Gasteiger partial charge < -0.3 is 0 Å². The van der Waals surface area contributed by atoms with Crippen LogP contribution in [0.2, 0.25) is 0 Å². The number of aryl methyl sites for hydroxylation is 2. The lowest BCUT2D eigenvalue weighted by atomic mass is 10.1. The van der Waals surface area contributed by atoms with Gasteiger partial charge >= 0.3 is 0 Å². The summed E-state index contributed by atoms with van der Waals surface area (Å²) in [5.74, 6) is -0.765. The van der Waals surface area contributed by atoms with Crippen molar-refractivity contribution in [3.05, 3.63) is 65.0 Å². The third-order valence-corrected chi connectivity index (χ3v) is 3.55. The fourth-order valence-corrected chi connectivity index (χ4v) is 2.46. The van der Waals surface area contributed by atoms with E-state index in [0.717, 1.165) is 19.3 Å². The van der Waals surface area contributed by atoms with Gasteiger partial charge in [0.25, 0.3) is 11.8 Å². The van der Waals surface area contributed by atoms with Gasteiger partial charge in [0.05, 0.1) is 0 Å². The van der Waals surface area contributed by atoms with Crippen LogP contribution in [0.25, 0.3) is 0 Å². The molecule has 0 aliphatic heterocycles. The Morgan fingerprint density at radius 1 is 0.952 bits per heavy atom. The molecule has 0 spiro atoms. The summed E-state index contributed by atoms with van der Waals surface area (Å²) in [6, 6.07) is 10.7. The first-order valence-corrected chi connectivity index (χ1v) is 6.87. The highest BCUT2D eigenvalue weighted by Crippen LogP contribution is 2.22. The van der Waals surface area contributed by atoms with E-state index in [0.29, 0.717) is 5.56 Å². The van der Waals surface area contributed by atoms with E-state index in [9.17, 15) is 9.59 Å². The molecular weight excluding hydrogens is 266 g/mol. The van der Waals surface area contributed by atoms with Crippen LogP contribution in [0.15, 0.2) is 42.6 Å². The number of pyridine rings is 1. The number of rotatable bonds is 2. The topological polar surface area (TPSA) is 71.1 Å². The molecule has 5 nitrogen and oxygen atoms in total. The number of fused-ring (bicyclic) bond motifs is 1. The summed E-state index contributed by atoms with van der Waals surface area (Å²) in [4.78, 5) is 27.7. The highest BCUT2D eigenvalue weighted by molar-refractivity contribution is 5.98. The second-order valence-corrected chi connectivity index (χ2v) is 4.96. The van der Waals surface area contributed by atoms with Gasteiger partial charge in [-0.2, -0.15) is 0 Å². The highest BCUT2D eigenvalue weighted by atomic mass is 16.2. The van der Waals surface area contributed by atoms with Crippen molar-refractivity contribution in [1.82, 2.24) is 15.8 Å². The van der Waals surface area contributed by atoms with Gasteiger partial charge in [0.1, 0.15) is 5.69 Å². The molecule has 0 bridgehead atoms. The first-order valence-electron chi connectivity index (χ1n) is 6.87. The van der Waals surface area contributed by atoms with Crippen molar-refractivity contribution in [2.45, 2.75) is 19.3 Å². The van der Waals surface area contributed by atoms with Crippen LogP contribution in [-0.4, -0.2) is 16.8 Å². The van der Waals surface area contributed by atoms with E-state index in [1.54, 1.807) is 24.3 Å². The highest BCUT2D eigenvalue weighted by Gasteiger charge is 2.14. The number of carbonyl (C=O) groups is 2. The molecule has 2 amide bonds. The number of benzene rings is 1. The van der Waals surface area contributed by atoms with Crippen LogP contribution < -0.4 is 10.9 Å². The first-order chi connectivity index (χ1) is 10.2. The van der Waals surface area contributed by atoms with Crippen LogP contribution in [0.1, 0.15) is 38.4 Å². The van der Waals surface area contributed by atoms with E-state index < -0.39 is 5.91 Å². The van der Waals surface area contributed by atoms with Crippen LogP contribution in [-0.2, 0) is 12.8 Å². The number of nitrogens with zero attached hydrogens (tertiary/aromatic N) is 1. The standard InChI is InChI=1S/C16H15N3O2/c20-15(13-8-7-11-4-3-5-12(11)10-13)18-19-16(21)14-6-1-2-9-17-14/h1-2,6-10H,3-5H2,(H,18,20)(H,19,21). The summed E-state index contributed by atoms with van der Waals surface area (Å²) in [6.07, 6.45) is 4.75. The van der Waals surface area contributed by atoms with Gasteiger partial charge in [-0.15, -0.1) is 0 Å². The smallest absolute Gasteiger partial charge is 0.267 e. The van der Waals surface area contributed by atoms with E-state index in [2.05, 4.69) is 15.8 Å². The van der Waals surface area contributed by atoms with Crippen molar-refractivity contribution in [3.8, 4) is 0 Å². The Morgan fingerprint density at radius 2 is 1.76 bits per heavy atom. The molecule has 1 heterocycles. The number of amides is 2. The molecule has 106 valence electrons. The lowest BCUT2D eigenvalue weighted by Gasteiger charge is -2.08. The quantitative estimate of drug-likeness (QED) is 0.822. The molecule has 0 radical (unpaired) electrons. The Kier molecular flexibility index (Phi) is 3.64. The molecule has 5 heteroatoms. The maximum absolute atomic E-state index is 12.0. The number of hydrogen-bond acceptors (Lipinski definition) is 3. The Balaban J connectivity index is 1.63. The second kappa shape index (κ2) is 5.75. The summed E-state index contributed by atoms with van der Waals surface area (Å²) >= 11 is 0. The molecule has 0 unspecified atom stereocenters. The summed E-state index contributed by atoms with van der Waals surface area (Å²) in [6.45, 7) is 0. The van der Waals surface area contributed by atoms with Crippen molar-refractivity contribution >= 4 is 11.8 Å². The van der Waals surface area contributed by atoms with Gasteiger partial charge in [-0.1, -0.05) is 12.1 Å². The number of nitrogens with one attached hydrogen (secondary N) is 2. The van der Waals surface area contributed by atoms with E-state index in [1.165, 1.54) is 17.3 Å². The van der Waals surface area contributed by atoms with Crippen LogP contribution in [0.5, 0.6) is 0 Å². The third-order valence-electron chi connectivity index (χ3n) is 3.55. The molecule has 2 aromatic rings. The molecule has 0 fully saturated rings. The maximum atomic E-state index is 12.0. The van der Waals surface area contributed by atoms with Crippen LogP contribution in [0, 0.1) is 0 Å². The van der Waals surface area contributed by atoms with E-state index in [4.69, 9.17) is 0 Å². The normalized spacial score (nSPS) is 12.6. The molecule has 1 aliphatic carbocycles. The fourth-order valence-electron chi connectivity index (χ4n) is 2.46. The van der Waals surface area contributed by atoms with E-state index >= 15 is 0 Å². The zero-order chi connectivity index (χ0) is 14.7. The summed E-state index contributed by atoms with van der Waals surface area (Å²) in [5.41, 5.74) is 8.11. The zero-order valence-electron chi connectivity index (χ0n) is 11.4. The van der Waals surface area contributed by atoms with Crippen molar-refractivity contribution in [1.29, 1.82) is 0 Å². The maximum Gasteiger partial charge on any atom is 0.288 e. The molecule has 1 aromatic heterocycles. The number of hydrazine groups is 1. The zero-order valence-corrected chi connectivity index (χ0v) is 11.4. The largest absolute Gasteiger partial charge is 0.288 e. The van der Waals surface area contributed by atoms with Gasteiger partial charge in [-0.05, 0) is 54.7 Å². The van der Waals surface area contributed by atoms with E-state index in [1.807, 2.05) is 12.1 Å². The molecule has 0 saturated heterocycles. The van der Waals surface area contributed by atoms with Crippen LogP contribution >= 0.6 is 0 Å². The first kappa shape index (κ1) is 13.3. The minimum absolute atomic E-state index is 0.256. The van der Waals surface area contributed by atoms with Crippen molar-refractivity contribution in [2.75, 3.05) is 0 Å². The summed E-state index contributed by atoms with van der Waals surface area (Å²) in [7, 11) is 0. The van der Waals surface area contributed by atoms with Gasteiger partial charge in [-0.25, -0.2) is 0 Å². The Bertz CT molecular complexity index is 683. The Morgan fingerprint density at radius 3 is 2.57 bits per heavy atom. The molecule has 21 heavy (non-hydrogen) atoms. The molecular formula is C16H15N3O2. The molecule has 3 rings (SSSR count). The minimum atomic E-state index is -0.440. The third kappa shape index (κ3) is 2.91. The number of aromatic nitrogens is 1. The molecule has 1 aromatic carbocycles. The van der Waals surface area contributed by atoms with Crippen molar-refractivity contribution in [3.63, 3.8) is 0 Å². The lowest BCUT2D eigenvalue weighted by Crippen LogP contribution is -2.41. The van der Waals surface area contributed by atoms with Crippen molar-refractivity contribution < 1.29 is 9.59 Å². The number of carbonyl (C=O) groups excluding carboxylic acids is 2. The van der Waals surface area contributed by atoms with Crippen LogP contribution in [0.3, 0.4) is 0 Å². The second-order valence-electron chi connectivity index (χ2n) is 4.96. The monoisotopic (exact) mass is 281 g/mol. The predicted molar refractivity (Wildman–Crippen MR) is 77.6 cm³/mol. The molecule has 0 saturated carbocycles. The van der Waals surface area contributed by atoms with Gasteiger partial charge in [0.15, 0.2) is 0 Å². The number of hydrogen-bond donors (Lipinski definition) is 2. The van der Waals surface area contributed by atoms with Crippen molar-refractivity contribution in [2.24, 2.45) is 0 Å². The predicted octanol–water partition coefficient (Wildman–Crippen LogP) is 1.65. The summed E-state index contributed by atoms with van der Waals surface area (Å²) in [5, 5.41) is 0. The summed E-state index contributed by atoms with van der Waals surface area (Å²) < 4.78 is 0. The average Bonchev–Trinajstić information content (AvgIpc) is 3.00. The van der Waals surface area contributed by atoms with Gasteiger partial charge in [0.2, 0.25) is 0 Å². The fraction of sp³-hybridized carbons (Fsp3) is 0.188. The average molecular weight is 281 g/mol. The Hall–Kier alpha value is -2.69. The minimum Gasteiger partial charge on any atom is -0.267 e. The van der Waals surface area contributed by atoms with Gasteiger partial charge in [-0.3, -0.25) is 25.4 Å². The van der Waals surface area contributed by atoms with Gasteiger partial charge in [0, 0.05) is 11.8 Å².